The average Bonchev–Trinajstić information content (AvgIpc) is 3.53. The van der Waals surface area contributed by atoms with Crippen LogP contribution in [0, 0.1) is 17.1 Å². The molecule has 2 aliphatic heterocycles. The van der Waals surface area contributed by atoms with Gasteiger partial charge in [0.2, 0.25) is 11.8 Å². The van der Waals surface area contributed by atoms with Crippen molar-refractivity contribution in [1.29, 1.82) is 5.26 Å². The summed E-state index contributed by atoms with van der Waals surface area (Å²) in [5, 5.41) is 20.4. The molecule has 200 valence electrons. The number of hydrogen-bond donors (Lipinski definition) is 2. The number of piperidine rings is 1. The summed E-state index contributed by atoms with van der Waals surface area (Å²) >= 11 is 0. The van der Waals surface area contributed by atoms with Crippen LogP contribution < -0.4 is 11.1 Å². The predicted molar refractivity (Wildman–Crippen MR) is 138 cm³/mol. The number of primary amides is 1. The number of halogens is 1. The summed E-state index contributed by atoms with van der Waals surface area (Å²) in [5.41, 5.74) is 7.71. The van der Waals surface area contributed by atoms with Crippen LogP contribution in [0.5, 0.6) is 0 Å². The van der Waals surface area contributed by atoms with Crippen molar-refractivity contribution >= 4 is 17.7 Å². The van der Waals surface area contributed by atoms with Crippen molar-refractivity contribution in [2.75, 3.05) is 0 Å². The van der Waals surface area contributed by atoms with Crippen LogP contribution in [0.4, 0.5) is 4.39 Å². The van der Waals surface area contributed by atoms with Gasteiger partial charge in [-0.1, -0.05) is 17.3 Å². The Bertz CT molecular complexity index is 1400. The minimum Gasteiger partial charge on any atom is -0.370 e. The van der Waals surface area contributed by atoms with E-state index in [2.05, 4.69) is 21.7 Å². The Hall–Kier alpha value is -4.59. The van der Waals surface area contributed by atoms with Gasteiger partial charge in [0.15, 0.2) is 0 Å². The Labute approximate surface area is 224 Å². The van der Waals surface area contributed by atoms with Crippen LogP contribution in [0.25, 0.3) is 11.3 Å². The van der Waals surface area contributed by atoms with Crippen molar-refractivity contribution in [3.63, 3.8) is 0 Å². The zero-order valence-electron chi connectivity index (χ0n) is 21.2. The Kier molecular flexibility index (Phi) is 7.36. The minimum absolute atomic E-state index is 0.0392. The predicted octanol–water partition coefficient (Wildman–Crippen LogP) is 2.71. The Morgan fingerprint density at radius 1 is 1.05 bits per heavy atom. The van der Waals surface area contributed by atoms with Gasteiger partial charge in [0.25, 0.3) is 5.91 Å². The first-order valence-electron chi connectivity index (χ1n) is 12.9. The highest BCUT2D eigenvalue weighted by atomic mass is 19.1. The second kappa shape index (κ2) is 11.0. The molecule has 3 atom stereocenters. The maximum atomic E-state index is 13.7. The van der Waals surface area contributed by atoms with E-state index in [0.717, 1.165) is 18.4 Å². The minimum atomic E-state index is -0.927. The second-order valence-corrected chi connectivity index (χ2v) is 10.1. The van der Waals surface area contributed by atoms with Crippen LogP contribution in [0.15, 0.2) is 54.7 Å². The number of carbonyl (C=O) groups excluding carboxylic acids is 3. The number of nitrogens with two attached hydrogens (primary N) is 1. The number of nitrogens with one attached hydrogen (secondary N) is 1. The molecular formula is C28H28FN7O3. The molecule has 0 saturated carbocycles. The number of fused-ring (bicyclic) bond motifs is 2. The van der Waals surface area contributed by atoms with Gasteiger partial charge in [0.05, 0.1) is 23.9 Å². The third-order valence-electron chi connectivity index (χ3n) is 7.55. The van der Waals surface area contributed by atoms with Crippen LogP contribution in [0.2, 0.25) is 0 Å². The summed E-state index contributed by atoms with van der Waals surface area (Å²) in [4.78, 5) is 39.9. The van der Waals surface area contributed by atoms with Gasteiger partial charge in [-0.15, -0.1) is 5.10 Å². The highest BCUT2D eigenvalue weighted by molar-refractivity contribution is 5.97. The van der Waals surface area contributed by atoms with E-state index in [9.17, 15) is 18.8 Å². The third-order valence-corrected chi connectivity index (χ3v) is 7.55. The summed E-state index contributed by atoms with van der Waals surface area (Å²) in [7, 11) is 0. The molecule has 2 aliphatic rings. The van der Waals surface area contributed by atoms with Crippen molar-refractivity contribution in [3.05, 3.63) is 71.7 Å². The van der Waals surface area contributed by atoms with E-state index in [1.54, 1.807) is 12.1 Å². The molecular weight excluding hydrogens is 501 g/mol. The van der Waals surface area contributed by atoms with Crippen molar-refractivity contribution in [3.8, 4) is 17.3 Å². The number of hydrogen-bond acceptors (Lipinski definition) is 6. The van der Waals surface area contributed by atoms with E-state index in [4.69, 9.17) is 11.0 Å². The number of aromatic nitrogens is 3. The van der Waals surface area contributed by atoms with E-state index in [-0.39, 0.29) is 42.4 Å². The fourth-order valence-corrected chi connectivity index (χ4v) is 5.59. The fourth-order valence-electron chi connectivity index (χ4n) is 5.59. The molecule has 11 heteroatoms. The molecule has 1 aromatic heterocycles. The largest absolute Gasteiger partial charge is 0.370 e. The molecule has 2 fully saturated rings. The van der Waals surface area contributed by atoms with Crippen molar-refractivity contribution in [2.45, 2.75) is 62.7 Å². The quantitative estimate of drug-likeness (QED) is 0.459. The zero-order valence-corrected chi connectivity index (χ0v) is 21.2. The molecule has 0 spiro atoms. The molecule has 2 saturated heterocycles. The highest BCUT2D eigenvalue weighted by Crippen LogP contribution is 2.41. The second-order valence-electron chi connectivity index (χ2n) is 10.1. The van der Waals surface area contributed by atoms with Crippen LogP contribution in [-0.4, -0.2) is 55.7 Å². The third kappa shape index (κ3) is 5.65. The fraction of sp³-hybridized carbons (Fsp3) is 0.357. The molecule has 5 rings (SSSR count). The standard InChI is InChI=1S/C28H28FN7O3/c29-20-7-5-19(6-8-20)27(38)32-24(11-12-26(31)37)28(39)36-21-9-10-22(36)14-23(13-21)35-16-25(33-34-35)18-3-1-17(15-30)2-4-18/h1-8,16,21-24H,9-14H2,(H2,31,37)(H,32,38). The van der Waals surface area contributed by atoms with E-state index in [1.165, 1.54) is 24.3 Å². The summed E-state index contributed by atoms with van der Waals surface area (Å²) in [6.07, 6.45) is 4.96. The van der Waals surface area contributed by atoms with Crippen LogP contribution in [0.1, 0.15) is 60.5 Å². The van der Waals surface area contributed by atoms with Gasteiger partial charge in [-0.3, -0.25) is 14.4 Å². The Balaban J connectivity index is 1.29. The summed E-state index contributed by atoms with van der Waals surface area (Å²) < 4.78 is 15.1. The van der Waals surface area contributed by atoms with E-state index in [0.29, 0.717) is 24.1 Å². The van der Waals surface area contributed by atoms with Gasteiger partial charge in [0, 0.05) is 29.6 Å². The van der Waals surface area contributed by atoms with Gasteiger partial charge in [-0.25, -0.2) is 9.07 Å². The Morgan fingerprint density at radius 2 is 1.72 bits per heavy atom. The monoisotopic (exact) mass is 529 g/mol. The number of rotatable bonds is 8. The van der Waals surface area contributed by atoms with Gasteiger partial charge < -0.3 is 16.0 Å². The van der Waals surface area contributed by atoms with E-state index < -0.39 is 23.7 Å². The average molecular weight is 530 g/mol. The van der Waals surface area contributed by atoms with Gasteiger partial charge in [-0.05, 0) is 68.5 Å². The molecule has 39 heavy (non-hydrogen) atoms. The lowest BCUT2D eigenvalue weighted by atomic mass is 9.95. The summed E-state index contributed by atoms with van der Waals surface area (Å²) in [6.45, 7) is 0. The number of nitriles is 1. The van der Waals surface area contributed by atoms with Crippen LogP contribution >= 0.6 is 0 Å². The SMILES string of the molecule is N#Cc1ccc(-c2cn(C3CC4CCC(C3)N4C(=O)C(CCC(N)=O)NC(=O)c3ccc(F)cc3)nn2)cc1. The summed E-state index contributed by atoms with van der Waals surface area (Å²) in [5.74, 6) is -1.79. The van der Waals surface area contributed by atoms with Gasteiger partial charge >= 0.3 is 0 Å². The molecule has 3 amide bonds. The normalized spacial score (nSPS) is 20.7. The lowest BCUT2D eigenvalue weighted by Gasteiger charge is -2.40. The van der Waals surface area contributed by atoms with Gasteiger partial charge in [-0.2, -0.15) is 5.26 Å². The molecule has 2 bridgehead atoms. The molecule has 0 radical (unpaired) electrons. The van der Waals surface area contributed by atoms with Crippen molar-refractivity contribution < 1.29 is 18.8 Å². The van der Waals surface area contributed by atoms with Gasteiger partial charge in [0.1, 0.15) is 17.6 Å². The maximum Gasteiger partial charge on any atom is 0.251 e. The lowest BCUT2D eigenvalue weighted by molar-refractivity contribution is -0.138. The molecule has 2 aromatic carbocycles. The first-order chi connectivity index (χ1) is 18.8. The molecule has 3 N–H and O–H groups in total. The first kappa shape index (κ1) is 26.0. The van der Waals surface area contributed by atoms with Crippen molar-refractivity contribution in [1.82, 2.24) is 25.2 Å². The molecule has 0 aliphatic carbocycles. The van der Waals surface area contributed by atoms with E-state index in [1.807, 2.05) is 27.9 Å². The Morgan fingerprint density at radius 3 is 2.33 bits per heavy atom. The molecule has 10 nitrogen and oxygen atoms in total. The van der Waals surface area contributed by atoms with E-state index >= 15 is 0 Å². The topological polar surface area (TPSA) is 147 Å². The number of nitrogens with zero attached hydrogens (tertiary/aromatic N) is 5. The molecule has 3 aromatic rings. The van der Waals surface area contributed by atoms with Crippen LogP contribution in [-0.2, 0) is 9.59 Å². The summed E-state index contributed by atoms with van der Waals surface area (Å²) in [6, 6.07) is 13.4. The molecule has 3 heterocycles. The van der Waals surface area contributed by atoms with Crippen LogP contribution in [0.3, 0.4) is 0 Å². The number of amides is 3. The number of benzene rings is 2. The number of carbonyl (C=O) groups is 3. The van der Waals surface area contributed by atoms with Crippen molar-refractivity contribution in [2.24, 2.45) is 5.73 Å². The lowest BCUT2D eigenvalue weighted by Crippen LogP contribution is -2.55. The smallest absolute Gasteiger partial charge is 0.251 e. The molecule has 3 unspecified atom stereocenters. The first-order valence-corrected chi connectivity index (χ1v) is 12.9. The maximum absolute atomic E-state index is 13.7. The zero-order chi connectivity index (χ0) is 27.5. The highest BCUT2D eigenvalue weighted by Gasteiger charge is 2.45.